The quantitative estimate of drug-likeness (QED) is 0.261. The highest BCUT2D eigenvalue weighted by molar-refractivity contribution is 6.30. The van der Waals surface area contributed by atoms with E-state index in [1.54, 1.807) is 0 Å². The summed E-state index contributed by atoms with van der Waals surface area (Å²) in [5.74, 6) is 0.379. The van der Waals surface area contributed by atoms with Crippen molar-refractivity contribution in [1.29, 1.82) is 0 Å². The fraction of sp³-hybridized carbons (Fsp3) is 0.242. The van der Waals surface area contributed by atoms with Crippen molar-refractivity contribution in [1.82, 2.24) is 10.6 Å². The molecular weight excluding hydrogens is 476 g/mol. The van der Waals surface area contributed by atoms with Gasteiger partial charge in [-0.2, -0.15) is 0 Å². The molecule has 5 rings (SSSR count). The summed E-state index contributed by atoms with van der Waals surface area (Å²) in [6.07, 6.45) is 1.41. The Morgan fingerprint density at radius 3 is 1.89 bits per heavy atom. The molecule has 0 aromatic heterocycles. The molecule has 0 radical (unpaired) electrons. The van der Waals surface area contributed by atoms with Crippen molar-refractivity contribution in [3.63, 3.8) is 0 Å². The molecule has 1 heterocycles. The molecule has 1 fully saturated rings. The fourth-order valence-electron chi connectivity index (χ4n) is 5.65. The van der Waals surface area contributed by atoms with Gasteiger partial charge in [-0.1, -0.05) is 115 Å². The average Bonchev–Trinajstić information content (AvgIpc) is 3.48. The number of benzene rings is 4. The molecule has 1 aliphatic rings. The molecule has 1 amide bonds. The van der Waals surface area contributed by atoms with Gasteiger partial charge in [-0.25, -0.2) is 0 Å². The van der Waals surface area contributed by atoms with Gasteiger partial charge in [0.05, 0.1) is 0 Å². The van der Waals surface area contributed by atoms with Crippen molar-refractivity contribution in [2.75, 3.05) is 13.1 Å². The van der Waals surface area contributed by atoms with E-state index in [1.165, 1.54) is 5.56 Å². The van der Waals surface area contributed by atoms with Gasteiger partial charge in [0, 0.05) is 29.3 Å². The Balaban J connectivity index is 1.48. The van der Waals surface area contributed by atoms with Crippen LogP contribution in [0.25, 0.3) is 0 Å². The number of carbonyl (C=O) groups is 1. The van der Waals surface area contributed by atoms with Gasteiger partial charge >= 0.3 is 0 Å². The predicted molar refractivity (Wildman–Crippen MR) is 152 cm³/mol. The monoisotopic (exact) mass is 508 g/mol. The average molecular weight is 509 g/mol. The number of amides is 1. The van der Waals surface area contributed by atoms with Gasteiger partial charge in [0.1, 0.15) is 0 Å². The second kappa shape index (κ2) is 12.2. The lowest BCUT2D eigenvalue weighted by atomic mass is 9.78. The first-order valence-electron chi connectivity index (χ1n) is 13.1. The third kappa shape index (κ3) is 6.30. The molecule has 4 aromatic rings. The second-order valence-electron chi connectivity index (χ2n) is 9.87. The molecule has 0 aliphatic carbocycles. The zero-order valence-corrected chi connectivity index (χ0v) is 21.6. The summed E-state index contributed by atoms with van der Waals surface area (Å²) in [6.45, 7) is 1.85. The van der Waals surface area contributed by atoms with Crippen LogP contribution >= 0.6 is 11.6 Å². The Morgan fingerprint density at radius 1 is 0.784 bits per heavy atom. The van der Waals surface area contributed by atoms with E-state index < -0.39 is 0 Å². The molecule has 1 aliphatic heterocycles. The summed E-state index contributed by atoms with van der Waals surface area (Å²) >= 11 is 6.45. The topological polar surface area (TPSA) is 41.1 Å². The highest BCUT2D eigenvalue weighted by Crippen LogP contribution is 2.35. The van der Waals surface area contributed by atoms with Gasteiger partial charge in [-0.15, -0.1) is 0 Å². The number of hydrogen-bond acceptors (Lipinski definition) is 2. The summed E-state index contributed by atoms with van der Waals surface area (Å²) < 4.78 is 0. The van der Waals surface area contributed by atoms with E-state index in [0.717, 1.165) is 36.2 Å². The first-order valence-corrected chi connectivity index (χ1v) is 13.5. The summed E-state index contributed by atoms with van der Waals surface area (Å²) in [5, 5.41) is 7.74. The Hall–Kier alpha value is -3.40. The van der Waals surface area contributed by atoms with Crippen molar-refractivity contribution in [2.24, 2.45) is 5.92 Å². The number of halogens is 1. The molecule has 0 bridgehead atoms. The van der Waals surface area contributed by atoms with Gasteiger partial charge in [-0.05, 0) is 59.8 Å². The van der Waals surface area contributed by atoms with Crippen molar-refractivity contribution in [3.8, 4) is 0 Å². The lowest BCUT2D eigenvalue weighted by molar-refractivity contribution is -0.122. The maximum Gasteiger partial charge on any atom is 0.221 e. The zero-order valence-electron chi connectivity index (χ0n) is 20.9. The van der Waals surface area contributed by atoms with Crippen molar-refractivity contribution < 1.29 is 4.79 Å². The van der Waals surface area contributed by atoms with Crippen LogP contribution in [0, 0.1) is 5.92 Å². The van der Waals surface area contributed by atoms with Crippen LogP contribution < -0.4 is 10.6 Å². The number of rotatable bonds is 9. The highest BCUT2D eigenvalue weighted by atomic mass is 35.5. The molecule has 3 atom stereocenters. The van der Waals surface area contributed by atoms with Crippen molar-refractivity contribution in [3.05, 3.63) is 143 Å². The number of hydrogen-bond donors (Lipinski definition) is 2. The second-order valence-corrected chi connectivity index (χ2v) is 10.3. The number of carbonyl (C=O) groups excluding carboxylic acids is 1. The van der Waals surface area contributed by atoms with Crippen LogP contribution in [0.15, 0.2) is 115 Å². The van der Waals surface area contributed by atoms with Gasteiger partial charge in [-0.3, -0.25) is 4.79 Å². The minimum atomic E-state index is -0.0597. The van der Waals surface area contributed by atoms with Crippen molar-refractivity contribution >= 4 is 17.5 Å². The van der Waals surface area contributed by atoms with Crippen LogP contribution in [0.3, 0.4) is 0 Å². The Kier molecular flexibility index (Phi) is 8.35. The molecule has 3 nitrogen and oxygen atoms in total. The Bertz CT molecular complexity index is 1230. The first kappa shape index (κ1) is 25.3. The molecule has 188 valence electrons. The van der Waals surface area contributed by atoms with E-state index in [4.69, 9.17) is 11.6 Å². The standard InChI is InChI=1S/C33H33ClN2O/c34-29-18-10-17-27(21-29)32(26-15-8-3-9-16-26)33(28-19-20-35-23-28)36-31(37)22-30(24-11-4-1-5-12-24)25-13-6-2-7-14-25/h1-18,21,28,30,32-33,35H,19-20,22-23H2,(H,36,37). The summed E-state index contributed by atoms with van der Waals surface area (Å²) in [5.41, 5.74) is 4.61. The van der Waals surface area contributed by atoms with Crippen LogP contribution in [0.1, 0.15) is 46.9 Å². The largest absolute Gasteiger partial charge is 0.352 e. The Labute approximate surface area is 224 Å². The van der Waals surface area contributed by atoms with E-state index in [2.05, 4.69) is 65.2 Å². The molecule has 0 saturated carbocycles. The summed E-state index contributed by atoms with van der Waals surface area (Å²) in [7, 11) is 0. The van der Waals surface area contributed by atoms with E-state index in [9.17, 15) is 4.79 Å². The smallest absolute Gasteiger partial charge is 0.221 e. The SMILES string of the molecule is O=C(CC(c1ccccc1)c1ccccc1)NC(C1CCNC1)C(c1ccccc1)c1cccc(Cl)c1. The zero-order chi connectivity index (χ0) is 25.5. The van der Waals surface area contributed by atoms with Crippen LogP contribution in [-0.2, 0) is 4.79 Å². The first-order chi connectivity index (χ1) is 18.2. The van der Waals surface area contributed by atoms with E-state index in [-0.39, 0.29) is 23.8 Å². The Morgan fingerprint density at radius 2 is 1.35 bits per heavy atom. The summed E-state index contributed by atoms with van der Waals surface area (Å²) in [4.78, 5) is 13.8. The minimum Gasteiger partial charge on any atom is -0.352 e. The molecule has 37 heavy (non-hydrogen) atoms. The van der Waals surface area contributed by atoms with E-state index in [1.807, 2.05) is 60.7 Å². The predicted octanol–water partition coefficient (Wildman–Crippen LogP) is 6.79. The van der Waals surface area contributed by atoms with Crippen LogP contribution in [0.2, 0.25) is 5.02 Å². The third-order valence-corrected chi connectivity index (χ3v) is 7.69. The molecule has 4 aromatic carbocycles. The third-order valence-electron chi connectivity index (χ3n) is 7.45. The van der Waals surface area contributed by atoms with Crippen LogP contribution in [-0.4, -0.2) is 25.0 Å². The maximum absolute atomic E-state index is 13.8. The maximum atomic E-state index is 13.8. The van der Waals surface area contributed by atoms with Gasteiger partial charge < -0.3 is 10.6 Å². The van der Waals surface area contributed by atoms with Crippen LogP contribution in [0.4, 0.5) is 0 Å². The lowest BCUT2D eigenvalue weighted by Crippen LogP contribution is -2.46. The molecule has 4 heteroatoms. The van der Waals surface area contributed by atoms with E-state index in [0.29, 0.717) is 17.4 Å². The van der Waals surface area contributed by atoms with E-state index >= 15 is 0 Å². The normalized spacial score (nSPS) is 16.9. The number of nitrogens with one attached hydrogen (secondary N) is 2. The fourth-order valence-corrected chi connectivity index (χ4v) is 5.85. The molecular formula is C33H33ClN2O. The molecule has 0 spiro atoms. The van der Waals surface area contributed by atoms with Gasteiger partial charge in [0.15, 0.2) is 0 Å². The van der Waals surface area contributed by atoms with Gasteiger partial charge in [0.2, 0.25) is 5.91 Å². The highest BCUT2D eigenvalue weighted by Gasteiger charge is 2.35. The summed E-state index contributed by atoms with van der Waals surface area (Å²) in [6, 6.07) is 39.2. The minimum absolute atomic E-state index is 0.000602. The van der Waals surface area contributed by atoms with Gasteiger partial charge in [0.25, 0.3) is 0 Å². The molecule has 1 saturated heterocycles. The molecule has 2 N–H and O–H groups in total. The molecule has 3 unspecified atom stereocenters. The van der Waals surface area contributed by atoms with Crippen molar-refractivity contribution in [2.45, 2.75) is 30.7 Å². The van der Waals surface area contributed by atoms with Crippen LogP contribution in [0.5, 0.6) is 0 Å². The lowest BCUT2D eigenvalue weighted by Gasteiger charge is -2.34.